The zero-order valence-corrected chi connectivity index (χ0v) is 7.85. The molecule has 0 unspecified atom stereocenters. The molecule has 0 aromatic heterocycles. The predicted molar refractivity (Wildman–Crippen MR) is 48.9 cm³/mol. The molecule has 0 fully saturated rings. The Kier molecular flexibility index (Phi) is 3.18. The highest BCUT2D eigenvalue weighted by molar-refractivity contribution is 5.74. The van der Waals surface area contributed by atoms with Crippen LogP contribution in [-0.4, -0.2) is 5.91 Å². The van der Waals surface area contributed by atoms with Crippen LogP contribution in [0.4, 0.5) is 18.9 Å². The molecule has 1 aromatic carbocycles. The van der Waals surface area contributed by atoms with E-state index in [1.54, 1.807) is 0 Å². The number of nitrogens with one attached hydrogen (secondary N) is 2. The number of carbonyl (C=O) groups is 1. The summed E-state index contributed by atoms with van der Waals surface area (Å²) in [6.45, 7) is 1.29. The Morgan fingerprint density at radius 2 is 1.73 bits per heavy atom. The van der Waals surface area contributed by atoms with Gasteiger partial charge >= 0.3 is 6.18 Å². The summed E-state index contributed by atoms with van der Waals surface area (Å²) < 4.78 is 36.4. The number of alkyl halides is 3. The first-order chi connectivity index (χ1) is 6.89. The molecule has 0 radical (unpaired) electrons. The van der Waals surface area contributed by atoms with Gasteiger partial charge in [-0.05, 0) is 24.3 Å². The van der Waals surface area contributed by atoms with Crippen molar-refractivity contribution in [3.63, 3.8) is 0 Å². The molecular formula is C9H9F3N2O. The van der Waals surface area contributed by atoms with Crippen molar-refractivity contribution in [1.29, 1.82) is 0 Å². The van der Waals surface area contributed by atoms with Crippen LogP contribution in [0.15, 0.2) is 24.3 Å². The van der Waals surface area contributed by atoms with E-state index in [1.807, 2.05) is 0 Å². The average Bonchev–Trinajstić information content (AvgIpc) is 2.14. The molecule has 0 aliphatic rings. The number of hydrogen-bond acceptors (Lipinski definition) is 2. The van der Waals surface area contributed by atoms with Gasteiger partial charge in [-0.25, -0.2) is 0 Å². The Morgan fingerprint density at radius 1 is 1.20 bits per heavy atom. The van der Waals surface area contributed by atoms with Crippen molar-refractivity contribution in [3.05, 3.63) is 29.8 Å². The zero-order valence-electron chi connectivity index (χ0n) is 7.85. The fourth-order valence-electron chi connectivity index (χ4n) is 0.903. The molecule has 0 bridgehead atoms. The first-order valence-corrected chi connectivity index (χ1v) is 4.09. The average molecular weight is 218 g/mol. The topological polar surface area (TPSA) is 41.1 Å². The Bertz CT molecular complexity index is 345. The largest absolute Gasteiger partial charge is 0.416 e. The quantitative estimate of drug-likeness (QED) is 0.747. The number of amides is 1. The highest BCUT2D eigenvalue weighted by atomic mass is 19.4. The molecule has 0 atom stereocenters. The van der Waals surface area contributed by atoms with Crippen LogP contribution in [-0.2, 0) is 11.0 Å². The van der Waals surface area contributed by atoms with E-state index in [1.165, 1.54) is 19.1 Å². The number of hydrogen-bond donors (Lipinski definition) is 2. The van der Waals surface area contributed by atoms with E-state index >= 15 is 0 Å². The second-order valence-corrected chi connectivity index (χ2v) is 2.88. The monoisotopic (exact) mass is 218 g/mol. The summed E-state index contributed by atoms with van der Waals surface area (Å²) in [6.07, 6.45) is -4.34. The van der Waals surface area contributed by atoms with Crippen molar-refractivity contribution in [3.8, 4) is 0 Å². The lowest BCUT2D eigenvalue weighted by molar-refractivity contribution is -0.137. The molecule has 82 valence electrons. The van der Waals surface area contributed by atoms with Crippen molar-refractivity contribution >= 4 is 11.6 Å². The molecule has 0 aliphatic carbocycles. The molecule has 0 saturated carbocycles. The Morgan fingerprint density at radius 3 is 2.13 bits per heavy atom. The van der Waals surface area contributed by atoms with Crippen LogP contribution in [0.1, 0.15) is 12.5 Å². The van der Waals surface area contributed by atoms with Crippen LogP contribution < -0.4 is 10.9 Å². The number of anilines is 1. The van der Waals surface area contributed by atoms with Crippen molar-refractivity contribution in [2.75, 3.05) is 5.43 Å². The Labute approximate surface area is 84.3 Å². The minimum atomic E-state index is -4.34. The van der Waals surface area contributed by atoms with Gasteiger partial charge in [-0.3, -0.25) is 15.6 Å². The van der Waals surface area contributed by atoms with E-state index in [0.717, 1.165) is 12.1 Å². The number of rotatable bonds is 2. The fraction of sp³-hybridized carbons (Fsp3) is 0.222. The molecule has 6 heteroatoms. The van der Waals surface area contributed by atoms with Crippen LogP contribution in [0.5, 0.6) is 0 Å². The van der Waals surface area contributed by atoms with Crippen LogP contribution in [0.3, 0.4) is 0 Å². The summed E-state index contributed by atoms with van der Waals surface area (Å²) in [4.78, 5) is 10.5. The molecule has 1 amide bonds. The highest BCUT2D eigenvalue weighted by Gasteiger charge is 2.29. The van der Waals surface area contributed by atoms with Crippen LogP contribution in [0.2, 0.25) is 0 Å². The Hall–Kier alpha value is -1.72. The van der Waals surface area contributed by atoms with E-state index in [4.69, 9.17) is 0 Å². The summed E-state index contributed by atoms with van der Waals surface area (Å²) in [6, 6.07) is 4.34. The van der Waals surface area contributed by atoms with Gasteiger partial charge in [0.2, 0.25) is 5.91 Å². The molecule has 0 spiro atoms. The van der Waals surface area contributed by atoms with Crippen LogP contribution in [0.25, 0.3) is 0 Å². The Balaban J connectivity index is 2.69. The molecule has 0 aliphatic heterocycles. The molecule has 0 heterocycles. The summed E-state index contributed by atoms with van der Waals surface area (Å²) in [5, 5.41) is 0. The minimum absolute atomic E-state index is 0.324. The summed E-state index contributed by atoms with van der Waals surface area (Å²) in [7, 11) is 0. The number of benzene rings is 1. The van der Waals surface area contributed by atoms with E-state index in [-0.39, 0.29) is 5.91 Å². The van der Waals surface area contributed by atoms with Gasteiger partial charge in [0, 0.05) is 6.92 Å². The first-order valence-electron chi connectivity index (χ1n) is 4.09. The van der Waals surface area contributed by atoms with Crippen molar-refractivity contribution in [1.82, 2.24) is 5.43 Å². The predicted octanol–water partition coefficient (Wildman–Crippen LogP) is 2.17. The normalized spacial score (nSPS) is 10.9. The highest BCUT2D eigenvalue weighted by Crippen LogP contribution is 2.29. The zero-order chi connectivity index (χ0) is 11.5. The number of hydrazine groups is 1. The van der Waals surface area contributed by atoms with Gasteiger partial charge in [0.05, 0.1) is 11.3 Å². The van der Waals surface area contributed by atoms with Gasteiger partial charge in [-0.2, -0.15) is 13.2 Å². The second kappa shape index (κ2) is 4.20. The number of halogens is 3. The SMILES string of the molecule is CC(=O)NNc1ccc(C(F)(F)F)cc1. The van der Waals surface area contributed by atoms with E-state index in [2.05, 4.69) is 10.9 Å². The van der Waals surface area contributed by atoms with Gasteiger partial charge < -0.3 is 0 Å². The summed E-state index contributed by atoms with van der Waals surface area (Å²) >= 11 is 0. The minimum Gasteiger partial charge on any atom is -0.299 e. The van der Waals surface area contributed by atoms with Crippen molar-refractivity contribution in [2.24, 2.45) is 0 Å². The summed E-state index contributed by atoms with van der Waals surface area (Å²) in [5.74, 6) is -0.324. The van der Waals surface area contributed by atoms with Gasteiger partial charge in [-0.15, -0.1) is 0 Å². The van der Waals surface area contributed by atoms with Crippen LogP contribution >= 0.6 is 0 Å². The third kappa shape index (κ3) is 3.49. The fourth-order valence-corrected chi connectivity index (χ4v) is 0.903. The molecule has 0 saturated heterocycles. The van der Waals surface area contributed by atoms with E-state index in [0.29, 0.717) is 5.69 Å². The lowest BCUT2D eigenvalue weighted by atomic mass is 10.2. The smallest absolute Gasteiger partial charge is 0.299 e. The van der Waals surface area contributed by atoms with E-state index in [9.17, 15) is 18.0 Å². The molecular weight excluding hydrogens is 209 g/mol. The standard InChI is InChI=1S/C9H9F3N2O/c1-6(15)13-14-8-4-2-7(3-5-8)9(10,11)12/h2-5,14H,1H3,(H,13,15). The lowest BCUT2D eigenvalue weighted by Gasteiger charge is -2.09. The molecule has 1 aromatic rings. The third-order valence-electron chi connectivity index (χ3n) is 1.60. The maximum Gasteiger partial charge on any atom is 0.416 e. The molecule has 15 heavy (non-hydrogen) atoms. The molecule has 3 nitrogen and oxygen atoms in total. The lowest BCUT2D eigenvalue weighted by Crippen LogP contribution is -2.26. The maximum atomic E-state index is 12.1. The maximum absolute atomic E-state index is 12.1. The summed E-state index contributed by atoms with van der Waals surface area (Å²) in [5.41, 5.74) is 4.37. The van der Waals surface area contributed by atoms with Gasteiger partial charge in [0.15, 0.2) is 0 Å². The van der Waals surface area contributed by atoms with Gasteiger partial charge in [0.1, 0.15) is 0 Å². The van der Waals surface area contributed by atoms with Gasteiger partial charge in [-0.1, -0.05) is 0 Å². The molecule has 1 rings (SSSR count). The van der Waals surface area contributed by atoms with Gasteiger partial charge in [0.25, 0.3) is 0 Å². The third-order valence-corrected chi connectivity index (χ3v) is 1.60. The number of carbonyl (C=O) groups excluding carboxylic acids is 1. The first kappa shape index (κ1) is 11.4. The second-order valence-electron chi connectivity index (χ2n) is 2.88. The molecule has 2 N–H and O–H groups in total. The van der Waals surface area contributed by atoms with E-state index < -0.39 is 11.7 Å². The van der Waals surface area contributed by atoms with Crippen molar-refractivity contribution < 1.29 is 18.0 Å². The van der Waals surface area contributed by atoms with Crippen LogP contribution in [0, 0.1) is 0 Å². The van der Waals surface area contributed by atoms with Crippen molar-refractivity contribution in [2.45, 2.75) is 13.1 Å².